The molecule has 0 radical (unpaired) electrons. The van der Waals surface area contributed by atoms with Crippen molar-refractivity contribution in [3.8, 4) is 0 Å². The SMILES string of the molecule is BOC(=O)COCC(=O)NCCC. The summed E-state index contributed by atoms with van der Waals surface area (Å²) >= 11 is 0. The number of amides is 1. The first-order valence-corrected chi connectivity index (χ1v) is 4.12. The smallest absolute Gasteiger partial charge is 0.326 e. The molecule has 74 valence electrons. The van der Waals surface area contributed by atoms with Crippen molar-refractivity contribution in [3.05, 3.63) is 0 Å². The van der Waals surface area contributed by atoms with Crippen molar-refractivity contribution < 1.29 is 19.0 Å². The molecule has 0 rings (SSSR count). The van der Waals surface area contributed by atoms with Crippen molar-refractivity contribution in [3.63, 3.8) is 0 Å². The van der Waals surface area contributed by atoms with Crippen molar-refractivity contribution >= 4 is 19.9 Å². The predicted molar refractivity (Wildman–Crippen MR) is 48.8 cm³/mol. The van der Waals surface area contributed by atoms with Gasteiger partial charge in [0.2, 0.25) is 5.91 Å². The highest BCUT2D eigenvalue weighted by atomic mass is 16.5. The Balaban J connectivity index is 3.31. The lowest BCUT2D eigenvalue weighted by atomic mass is 10.5. The van der Waals surface area contributed by atoms with Gasteiger partial charge in [0.05, 0.1) is 0 Å². The largest absolute Gasteiger partial charge is 0.542 e. The highest BCUT2D eigenvalue weighted by Gasteiger charge is 2.02. The number of ether oxygens (including phenoxy) is 1. The van der Waals surface area contributed by atoms with Crippen LogP contribution in [0.25, 0.3) is 0 Å². The zero-order valence-corrected chi connectivity index (χ0v) is 7.96. The first-order chi connectivity index (χ1) is 6.20. The fraction of sp³-hybridized carbons (Fsp3) is 0.714. The Morgan fingerprint density at radius 1 is 1.38 bits per heavy atom. The second kappa shape index (κ2) is 7.61. The molecule has 6 heteroatoms. The zero-order chi connectivity index (χ0) is 10.1. The maximum absolute atomic E-state index is 10.9. The van der Waals surface area contributed by atoms with E-state index >= 15 is 0 Å². The van der Waals surface area contributed by atoms with Gasteiger partial charge in [-0.05, 0) is 6.42 Å². The van der Waals surface area contributed by atoms with E-state index in [9.17, 15) is 9.59 Å². The van der Waals surface area contributed by atoms with E-state index in [0.717, 1.165) is 6.42 Å². The summed E-state index contributed by atoms with van der Waals surface area (Å²) in [5.41, 5.74) is 0. The summed E-state index contributed by atoms with van der Waals surface area (Å²) in [6, 6.07) is 0. The van der Waals surface area contributed by atoms with E-state index in [1.54, 1.807) is 0 Å². The summed E-state index contributed by atoms with van der Waals surface area (Å²) in [6.45, 7) is 2.29. The lowest BCUT2D eigenvalue weighted by Gasteiger charge is -2.03. The number of carbonyl (C=O) groups is 2. The van der Waals surface area contributed by atoms with Gasteiger partial charge < -0.3 is 14.7 Å². The number of carbonyl (C=O) groups excluding carboxylic acids is 2. The zero-order valence-electron chi connectivity index (χ0n) is 7.96. The van der Waals surface area contributed by atoms with E-state index in [4.69, 9.17) is 4.74 Å². The molecule has 0 aliphatic heterocycles. The van der Waals surface area contributed by atoms with Gasteiger partial charge in [-0.25, -0.2) is 0 Å². The molecule has 0 unspecified atom stereocenters. The topological polar surface area (TPSA) is 64.6 Å². The Morgan fingerprint density at radius 2 is 2.08 bits per heavy atom. The molecule has 0 aromatic carbocycles. The monoisotopic (exact) mass is 187 g/mol. The number of hydrogen-bond donors (Lipinski definition) is 1. The van der Waals surface area contributed by atoms with Crippen molar-refractivity contribution in [1.82, 2.24) is 5.32 Å². The molecule has 1 amide bonds. The minimum atomic E-state index is -0.483. The van der Waals surface area contributed by atoms with Crippen LogP contribution < -0.4 is 5.32 Å². The van der Waals surface area contributed by atoms with Crippen LogP contribution in [0.2, 0.25) is 0 Å². The minimum Gasteiger partial charge on any atom is -0.542 e. The molecule has 0 aromatic heterocycles. The van der Waals surface area contributed by atoms with Crippen LogP contribution in [0.1, 0.15) is 13.3 Å². The Hall–Kier alpha value is -1.04. The average molecular weight is 187 g/mol. The van der Waals surface area contributed by atoms with Gasteiger partial charge >= 0.3 is 14.0 Å². The summed E-state index contributed by atoms with van der Waals surface area (Å²) in [6.07, 6.45) is 0.878. The third-order valence-electron chi connectivity index (χ3n) is 1.25. The van der Waals surface area contributed by atoms with Crippen LogP contribution in [0.5, 0.6) is 0 Å². The molecule has 0 atom stereocenters. The van der Waals surface area contributed by atoms with E-state index < -0.39 is 5.97 Å². The van der Waals surface area contributed by atoms with Crippen LogP contribution in [0.4, 0.5) is 0 Å². The Kier molecular flexibility index (Phi) is 7.00. The van der Waals surface area contributed by atoms with E-state index in [0.29, 0.717) is 6.54 Å². The molecule has 0 saturated carbocycles. The predicted octanol–water partition coefficient (Wildman–Crippen LogP) is -1.38. The van der Waals surface area contributed by atoms with E-state index in [1.165, 1.54) is 8.05 Å². The molecule has 0 spiro atoms. The van der Waals surface area contributed by atoms with Crippen LogP contribution in [0, 0.1) is 0 Å². The highest BCUT2D eigenvalue weighted by Crippen LogP contribution is 1.79. The van der Waals surface area contributed by atoms with Gasteiger partial charge in [0.15, 0.2) is 0 Å². The summed E-state index contributed by atoms with van der Waals surface area (Å²) < 4.78 is 9.08. The number of hydrogen-bond acceptors (Lipinski definition) is 4. The summed E-state index contributed by atoms with van der Waals surface area (Å²) in [5, 5.41) is 2.61. The van der Waals surface area contributed by atoms with Gasteiger partial charge in [-0.1, -0.05) is 6.92 Å². The van der Waals surface area contributed by atoms with E-state index in [2.05, 4.69) is 9.97 Å². The third kappa shape index (κ3) is 7.33. The van der Waals surface area contributed by atoms with Gasteiger partial charge in [-0.3, -0.25) is 9.59 Å². The van der Waals surface area contributed by atoms with Gasteiger partial charge in [-0.15, -0.1) is 0 Å². The van der Waals surface area contributed by atoms with Gasteiger partial charge in [0.25, 0.3) is 0 Å². The van der Waals surface area contributed by atoms with E-state index in [-0.39, 0.29) is 19.1 Å². The standard InChI is InChI=1S/C7H14BNO4/c1-2-3-9-6(10)4-12-5-7(11)13-8/h2-5,8H2,1H3,(H,9,10). The first-order valence-electron chi connectivity index (χ1n) is 4.12. The summed E-state index contributed by atoms with van der Waals surface area (Å²) in [5.74, 6) is -0.700. The molecule has 0 heterocycles. The Labute approximate surface area is 78.2 Å². The van der Waals surface area contributed by atoms with Gasteiger partial charge in [-0.2, -0.15) is 0 Å². The Bertz CT molecular complexity index is 174. The quantitative estimate of drug-likeness (QED) is 0.520. The van der Waals surface area contributed by atoms with Gasteiger partial charge in [0, 0.05) is 6.54 Å². The molecule has 1 N–H and O–H groups in total. The molecule has 0 saturated heterocycles. The maximum Gasteiger partial charge on any atom is 0.326 e. The normalized spacial score (nSPS) is 9.31. The van der Waals surface area contributed by atoms with Crippen molar-refractivity contribution in [2.75, 3.05) is 19.8 Å². The molecule has 0 bridgehead atoms. The van der Waals surface area contributed by atoms with Crippen LogP contribution >= 0.6 is 0 Å². The molecular weight excluding hydrogens is 173 g/mol. The molecule has 0 fully saturated rings. The summed E-state index contributed by atoms with van der Waals surface area (Å²) in [7, 11) is 1.27. The van der Waals surface area contributed by atoms with Crippen LogP contribution in [-0.2, 0) is 19.0 Å². The van der Waals surface area contributed by atoms with Crippen LogP contribution in [-0.4, -0.2) is 39.7 Å². The fourth-order valence-electron chi connectivity index (χ4n) is 0.601. The molecular formula is C7H14BNO4. The molecule has 5 nitrogen and oxygen atoms in total. The molecule has 13 heavy (non-hydrogen) atoms. The lowest BCUT2D eigenvalue weighted by molar-refractivity contribution is -0.140. The molecule has 0 aromatic rings. The Morgan fingerprint density at radius 3 is 2.62 bits per heavy atom. The highest BCUT2D eigenvalue weighted by molar-refractivity contribution is 6.05. The second-order valence-corrected chi connectivity index (χ2v) is 2.42. The lowest BCUT2D eigenvalue weighted by Crippen LogP contribution is -2.29. The van der Waals surface area contributed by atoms with Crippen molar-refractivity contribution in [2.45, 2.75) is 13.3 Å². The minimum absolute atomic E-state index is 0.102. The van der Waals surface area contributed by atoms with Crippen molar-refractivity contribution in [1.29, 1.82) is 0 Å². The third-order valence-corrected chi connectivity index (χ3v) is 1.25. The fourth-order valence-corrected chi connectivity index (χ4v) is 0.601. The molecule has 0 aliphatic carbocycles. The first kappa shape index (κ1) is 12.0. The maximum atomic E-state index is 10.9. The number of rotatable bonds is 6. The average Bonchev–Trinajstić information content (AvgIpc) is 2.14. The number of nitrogens with one attached hydrogen (secondary N) is 1. The molecule has 0 aliphatic rings. The van der Waals surface area contributed by atoms with Crippen LogP contribution in [0.15, 0.2) is 0 Å². The van der Waals surface area contributed by atoms with E-state index in [1.807, 2.05) is 6.92 Å². The summed E-state index contributed by atoms with van der Waals surface area (Å²) in [4.78, 5) is 21.4. The second-order valence-electron chi connectivity index (χ2n) is 2.42. The van der Waals surface area contributed by atoms with Crippen molar-refractivity contribution in [2.24, 2.45) is 0 Å². The van der Waals surface area contributed by atoms with Crippen LogP contribution in [0.3, 0.4) is 0 Å². The van der Waals surface area contributed by atoms with Gasteiger partial charge in [0.1, 0.15) is 13.2 Å².